The van der Waals surface area contributed by atoms with E-state index in [1.54, 1.807) is 12.1 Å². The molecular formula is C15H19NO4. The average Bonchev–Trinajstić information content (AvgIpc) is 2.45. The van der Waals surface area contributed by atoms with Crippen LogP contribution in [0.1, 0.15) is 30.1 Å². The number of hydrogen-bond acceptors (Lipinski definition) is 3. The summed E-state index contributed by atoms with van der Waals surface area (Å²) in [6.45, 7) is 3.73. The van der Waals surface area contributed by atoms with Gasteiger partial charge in [0.05, 0.1) is 5.56 Å². The molecule has 1 saturated heterocycles. The van der Waals surface area contributed by atoms with E-state index in [2.05, 4.69) is 6.92 Å². The molecule has 1 atom stereocenters. The highest BCUT2D eigenvalue weighted by Crippen LogP contribution is 2.16. The maximum atomic E-state index is 12.0. The van der Waals surface area contributed by atoms with Crippen LogP contribution in [0.4, 0.5) is 0 Å². The van der Waals surface area contributed by atoms with E-state index in [0.29, 0.717) is 11.7 Å². The van der Waals surface area contributed by atoms with Gasteiger partial charge in [-0.3, -0.25) is 4.79 Å². The minimum Gasteiger partial charge on any atom is -0.484 e. The third-order valence-corrected chi connectivity index (χ3v) is 3.47. The van der Waals surface area contributed by atoms with E-state index in [4.69, 9.17) is 9.84 Å². The molecular weight excluding hydrogens is 258 g/mol. The van der Waals surface area contributed by atoms with Gasteiger partial charge in [0.1, 0.15) is 5.75 Å². The van der Waals surface area contributed by atoms with Crippen molar-refractivity contribution in [3.05, 3.63) is 29.8 Å². The minimum absolute atomic E-state index is 0.000855. The first-order valence-corrected chi connectivity index (χ1v) is 6.80. The highest BCUT2D eigenvalue weighted by Gasteiger charge is 2.21. The van der Waals surface area contributed by atoms with E-state index in [9.17, 15) is 9.59 Å². The molecule has 1 amide bonds. The molecule has 2 rings (SSSR count). The molecule has 0 spiro atoms. The van der Waals surface area contributed by atoms with Crippen molar-refractivity contribution in [3.63, 3.8) is 0 Å². The van der Waals surface area contributed by atoms with Crippen LogP contribution in [0.5, 0.6) is 5.75 Å². The lowest BCUT2D eigenvalue weighted by Crippen LogP contribution is -2.41. The van der Waals surface area contributed by atoms with Crippen molar-refractivity contribution in [2.45, 2.75) is 19.8 Å². The molecule has 1 aromatic rings. The first-order valence-electron chi connectivity index (χ1n) is 6.80. The molecule has 5 nitrogen and oxygen atoms in total. The van der Waals surface area contributed by atoms with E-state index < -0.39 is 5.97 Å². The summed E-state index contributed by atoms with van der Waals surface area (Å²) in [5, 5.41) is 8.79. The molecule has 0 radical (unpaired) electrons. The number of amides is 1. The van der Waals surface area contributed by atoms with Crippen LogP contribution >= 0.6 is 0 Å². The maximum absolute atomic E-state index is 12.0. The summed E-state index contributed by atoms with van der Waals surface area (Å²) >= 11 is 0. The van der Waals surface area contributed by atoms with Gasteiger partial charge >= 0.3 is 5.97 Å². The molecule has 0 aromatic heterocycles. The van der Waals surface area contributed by atoms with Crippen LogP contribution in [0.25, 0.3) is 0 Å². The molecule has 0 bridgehead atoms. The SMILES string of the molecule is CC1CCCN(C(=O)COc2ccc(C(=O)O)cc2)C1. The molecule has 1 unspecified atom stereocenters. The van der Waals surface area contributed by atoms with Gasteiger partial charge in [-0.25, -0.2) is 4.79 Å². The Morgan fingerprint density at radius 2 is 2.05 bits per heavy atom. The molecule has 1 aliphatic rings. The standard InChI is InChI=1S/C15H19NO4/c1-11-3-2-8-16(9-11)14(17)10-20-13-6-4-12(5-7-13)15(18)19/h4-7,11H,2-3,8-10H2,1H3,(H,18,19). The number of nitrogens with zero attached hydrogens (tertiary/aromatic N) is 1. The number of piperidine rings is 1. The van der Waals surface area contributed by atoms with E-state index >= 15 is 0 Å². The fourth-order valence-corrected chi connectivity index (χ4v) is 2.35. The zero-order valence-corrected chi connectivity index (χ0v) is 11.5. The second-order valence-electron chi connectivity index (χ2n) is 5.21. The summed E-state index contributed by atoms with van der Waals surface area (Å²) in [5.74, 6) is 0.0600. The summed E-state index contributed by atoms with van der Waals surface area (Å²) in [5.41, 5.74) is 0.202. The van der Waals surface area contributed by atoms with Gasteiger partial charge in [0.2, 0.25) is 0 Å². The highest BCUT2D eigenvalue weighted by molar-refractivity contribution is 5.87. The molecule has 0 aliphatic carbocycles. The van der Waals surface area contributed by atoms with E-state index in [1.165, 1.54) is 18.6 Å². The smallest absolute Gasteiger partial charge is 0.335 e. The van der Waals surface area contributed by atoms with Crippen LogP contribution in [0.15, 0.2) is 24.3 Å². The van der Waals surface area contributed by atoms with Crippen molar-refractivity contribution in [1.29, 1.82) is 0 Å². The number of ether oxygens (including phenoxy) is 1. The van der Waals surface area contributed by atoms with Crippen molar-refractivity contribution in [3.8, 4) is 5.75 Å². The molecule has 1 N–H and O–H groups in total. The lowest BCUT2D eigenvalue weighted by molar-refractivity contribution is -0.135. The van der Waals surface area contributed by atoms with Crippen molar-refractivity contribution in [2.75, 3.05) is 19.7 Å². The van der Waals surface area contributed by atoms with Crippen LogP contribution in [0, 0.1) is 5.92 Å². The van der Waals surface area contributed by atoms with Crippen LogP contribution < -0.4 is 4.74 Å². The lowest BCUT2D eigenvalue weighted by atomic mass is 10.0. The molecule has 5 heteroatoms. The average molecular weight is 277 g/mol. The summed E-state index contributed by atoms with van der Waals surface area (Å²) < 4.78 is 5.41. The maximum Gasteiger partial charge on any atom is 0.335 e. The topological polar surface area (TPSA) is 66.8 Å². The van der Waals surface area contributed by atoms with Crippen LogP contribution in [-0.4, -0.2) is 41.6 Å². The Balaban J connectivity index is 1.85. The third kappa shape index (κ3) is 3.73. The number of benzene rings is 1. The Hall–Kier alpha value is -2.04. The second-order valence-corrected chi connectivity index (χ2v) is 5.21. The zero-order valence-electron chi connectivity index (χ0n) is 11.5. The number of rotatable bonds is 4. The quantitative estimate of drug-likeness (QED) is 0.914. The number of hydrogen-bond donors (Lipinski definition) is 1. The van der Waals surface area contributed by atoms with Gasteiger partial charge in [0.25, 0.3) is 5.91 Å². The number of carbonyl (C=O) groups is 2. The summed E-state index contributed by atoms with van der Waals surface area (Å²) in [6.07, 6.45) is 2.21. The fraction of sp³-hybridized carbons (Fsp3) is 0.467. The monoisotopic (exact) mass is 277 g/mol. The van der Waals surface area contributed by atoms with E-state index in [0.717, 1.165) is 19.5 Å². The van der Waals surface area contributed by atoms with E-state index in [-0.39, 0.29) is 18.1 Å². The number of carbonyl (C=O) groups excluding carboxylic acids is 1. The molecule has 108 valence electrons. The van der Waals surface area contributed by atoms with Gasteiger partial charge < -0.3 is 14.7 Å². The highest BCUT2D eigenvalue weighted by atomic mass is 16.5. The number of carboxylic acid groups (broad SMARTS) is 1. The summed E-state index contributed by atoms with van der Waals surface area (Å²) in [6, 6.07) is 6.06. The summed E-state index contributed by atoms with van der Waals surface area (Å²) in [7, 11) is 0. The zero-order chi connectivity index (χ0) is 14.5. The Bertz CT molecular complexity index is 483. The van der Waals surface area contributed by atoms with Gasteiger partial charge in [-0.05, 0) is 43.0 Å². The number of carboxylic acids is 1. The van der Waals surface area contributed by atoms with Crippen LogP contribution in [-0.2, 0) is 4.79 Å². The number of likely N-dealkylation sites (tertiary alicyclic amines) is 1. The Morgan fingerprint density at radius 3 is 2.65 bits per heavy atom. The van der Waals surface area contributed by atoms with Crippen LogP contribution in [0.2, 0.25) is 0 Å². The fourth-order valence-electron chi connectivity index (χ4n) is 2.35. The molecule has 1 heterocycles. The van der Waals surface area contributed by atoms with Crippen molar-refractivity contribution in [1.82, 2.24) is 4.90 Å². The van der Waals surface area contributed by atoms with Gasteiger partial charge in [-0.15, -0.1) is 0 Å². The molecule has 1 aromatic carbocycles. The Labute approximate surface area is 118 Å². The first-order chi connectivity index (χ1) is 9.56. The largest absolute Gasteiger partial charge is 0.484 e. The Kier molecular flexibility index (Phi) is 4.61. The molecule has 1 aliphatic heterocycles. The van der Waals surface area contributed by atoms with Gasteiger partial charge in [0, 0.05) is 13.1 Å². The predicted octanol–water partition coefficient (Wildman–Crippen LogP) is 2.02. The second kappa shape index (κ2) is 6.41. The van der Waals surface area contributed by atoms with Gasteiger partial charge in [0.15, 0.2) is 6.61 Å². The van der Waals surface area contributed by atoms with Gasteiger partial charge in [-0.1, -0.05) is 6.92 Å². The summed E-state index contributed by atoms with van der Waals surface area (Å²) in [4.78, 5) is 24.5. The number of aromatic carboxylic acids is 1. The van der Waals surface area contributed by atoms with Crippen molar-refractivity contribution in [2.24, 2.45) is 5.92 Å². The normalized spacial score (nSPS) is 18.6. The van der Waals surface area contributed by atoms with Crippen molar-refractivity contribution >= 4 is 11.9 Å². The molecule has 20 heavy (non-hydrogen) atoms. The molecule has 1 fully saturated rings. The third-order valence-electron chi connectivity index (χ3n) is 3.47. The lowest BCUT2D eigenvalue weighted by Gasteiger charge is -2.30. The predicted molar refractivity (Wildman–Crippen MR) is 73.9 cm³/mol. The van der Waals surface area contributed by atoms with Crippen LogP contribution in [0.3, 0.4) is 0 Å². The minimum atomic E-state index is -0.977. The molecule has 0 saturated carbocycles. The first kappa shape index (κ1) is 14.4. The Morgan fingerprint density at radius 1 is 1.35 bits per heavy atom. The van der Waals surface area contributed by atoms with Gasteiger partial charge in [-0.2, -0.15) is 0 Å². The van der Waals surface area contributed by atoms with Crippen molar-refractivity contribution < 1.29 is 19.4 Å². The van der Waals surface area contributed by atoms with E-state index in [1.807, 2.05) is 4.90 Å².